The number of piperidine rings is 1. The van der Waals surface area contributed by atoms with Gasteiger partial charge in [0.2, 0.25) is 0 Å². The molecule has 1 aliphatic rings. The van der Waals surface area contributed by atoms with Crippen LogP contribution in [0.15, 0.2) is 54.6 Å². The minimum Gasteiger partial charge on any atom is -0.475 e. The van der Waals surface area contributed by atoms with Crippen molar-refractivity contribution in [3.8, 4) is 17.2 Å². The van der Waals surface area contributed by atoms with Crippen LogP contribution in [0, 0.1) is 0 Å². The molecule has 1 saturated heterocycles. The number of rotatable bonds is 11. The Morgan fingerprint density at radius 2 is 1.39 bits per heavy atom. The standard InChI is InChI=1S/C25H35NO2/c1-2-3-4-5-10-15-25(26-20-11-7-12-21-26)28-24-18-16-23(17-19-24)27-22-13-8-6-9-14-22/h6,8-9,13-14,16-19,25H,2-5,7,10-12,15,20-21H2,1H3/t25-/m0/s1. The molecule has 28 heavy (non-hydrogen) atoms. The summed E-state index contributed by atoms with van der Waals surface area (Å²) in [5, 5.41) is 0. The summed E-state index contributed by atoms with van der Waals surface area (Å²) in [5.74, 6) is 2.63. The molecular weight excluding hydrogens is 346 g/mol. The highest BCUT2D eigenvalue weighted by atomic mass is 16.5. The fourth-order valence-electron chi connectivity index (χ4n) is 3.81. The number of benzene rings is 2. The van der Waals surface area contributed by atoms with Crippen molar-refractivity contribution in [3.63, 3.8) is 0 Å². The van der Waals surface area contributed by atoms with Gasteiger partial charge >= 0.3 is 0 Å². The van der Waals surface area contributed by atoms with Gasteiger partial charge in [0.1, 0.15) is 17.2 Å². The van der Waals surface area contributed by atoms with Crippen LogP contribution < -0.4 is 9.47 Å². The number of unbranched alkanes of at least 4 members (excludes halogenated alkanes) is 4. The summed E-state index contributed by atoms with van der Waals surface area (Å²) >= 11 is 0. The Hall–Kier alpha value is -2.00. The van der Waals surface area contributed by atoms with E-state index in [-0.39, 0.29) is 6.23 Å². The molecule has 1 aliphatic heterocycles. The van der Waals surface area contributed by atoms with Gasteiger partial charge < -0.3 is 9.47 Å². The van der Waals surface area contributed by atoms with Crippen LogP contribution >= 0.6 is 0 Å². The number of nitrogens with zero attached hydrogens (tertiary/aromatic N) is 1. The molecule has 1 heterocycles. The summed E-state index contributed by atoms with van der Waals surface area (Å²) in [7, 11) is 0. The quantitative estimate of drug-likeness (QED) is 0.390. The highest BCUT2D eigenvalue weighted by molar-refractivity contribution is 5.35. The van der Waals surface area contributed by atoms with Crippen molar-refractivity contribution in [1.29, 1.82) is 0 Å². The van der Waals surface area contributed by atoms with Gasteiger partial charge in [-0.15, -0.1) is 0 Å². The van der Waals surface area contributed by atoms with Crippen molar-refractivity contribution in [2.45, 2.75) is 70.9 Å². The summed E-state index contributed by atoms with van der Waals surface area (Å²) in [5.41, 5.74) is 0. The van der Waals surface area contributed by atoms with Crippen molar-refractivity contribution in [2.75, 3.05) is 13.1 Å². The van der Waals surface area contributed by atoms with E-state index < -0.39 is 0 Å². The van der Waals surface area contributed by atoms with Crippen LogP contribution in [0.1, 0.15) is 64.7 Å². The van der Waals surface area contributed by atoms with Crippen LogP contribution in [0.3, 0.4) is 0 Å². The lowest BCUT2D eigenvalue weighted by atomic mass is 10.1. The molecule has 3 rings (SSSR count). The van der Waals surface area contributed by atoms with Gasteiger partial charge in [0, 0.05) is 13.1 Å². The molecule has 0 amide bonds. The average Bonchev–Trinajstić information content (AvgIpc) is 2.75. The van der Waals surface area contributed by atoms with Gasteiger partial charge in [0.15, 0.2) is 6.23 Å². The Morgan fingerprint density at radius 3 is 2.11 bits per heavy atom. The van der Waals surface area contributed by atoms with Crippen LogP contribution in [-0.4, -0.2) is 24.2 Å². The van der Waals surface area contributed by atoms with Gasteiger partial charge in [-0.2, -0.15) is 0 Å². The van der Waals surface area contributed by atoms with Crippen LogP contribution in [-0.2, 0) is 0 Å². The molecular formula is C25H35NO2. The Balaban J connectivity index is 1.55. The van der Waals surface area contributed by atoms with Crippen LogP contribution in [0.2, 0.25) is 0 Å². The SMILES string of the molecule is CCCCCCC[C@H](Oc1ccc(Oc2ccccc2)cc1)N1CCCCC1. The van der Waals surface area contributed by atoms with Gasteiger partial charge in [-0.3, -0.25) is 4.90 Å². The number of hydrogen-bond acceptors (Lipinski definition) is 3. The predicted octanol–water partition coefficient (Wildman–Crippen LogP) is 7.03. The van der Waals surface area contributed by atoms with E-state index in [0.717, 1.165) is 36.8 Å². The zero-order valence-electron chi connectivity index (χ0n) is 17.3. The van der Waals surface area contributed by atoms with Crippen LogP contribution in [0.5, 0.6) is 17.2 Å². The first-order chi connectivity index (χ1) is 13.8. The second-order valence-corrected chi connectivity index (χ2v) is 7.76. The topological polar surface area (TPSA) is 21.7 Å². The smallest absolute Gasteiger partial charge is 0.152 e. The zero-order chi connectivity index (χ0) is 19.4. The molecule has 0 aliphatic carbocycles. The third-order valence-electron chi connectivity index (χ3n) is 5.43. The van der Waals surface area contributed by atoms with Crippen molar-refractivity contribution in [3.05, 3.63) is 54.6 Å². The normalized spacial score (nSPS) is 15.9. The zero-order valence-corrected chi connectivity index (χ0v) is 17.3. The van der Waals surface area contributed by atoms with Crippen molar-refractivity contribution in [1.82, 2.24) is 4.90 Å². The molecule has 3 nitrogen and oxygen atoms in total. The molecule has 0 N–H and O–H groups in total. The van der Waals surface area contributed by atoms with E-state index in [1.807, 2.05) is 54.6 Å². The average molecular weight is 382 g/mol. The molecule has 1 atom stereocenters. The molecule has 0 unspecified atom stereocenters. The fraction of sp³-hybridized carbons (Fsp3) is 0.520. The summed E-state index contributed by atoms with van der Waals surface area (Å²) in [4.78, 5) is 2.54. The third-order valence-corrected chi connectivity index (χ3v) is 5.43. The van der Waals surface area contributed by atoms with Crippen LogP contribution in [0.4, 0.5) is 0 Å². The molecule has 0 saturated carbocycles. The second kappa shape index (κ2) is 11.8. The molecule has 2 aromatic carbocycles. The fourth-order valence-corrected chi connectivity index (χ4v) is 3.81. The van der Waals surface area contributed by atoms with E-state index in [0.29, 0.717) is 0 Å². The van der Waals surface area contributed by atoms with E-state index in [4.69, 9.17) is 9.47 Å². The first-order valence-electron chi connectivity index (χ1n) is 11.1. The van der Waals surface area contributed by atoms with Crippen molar-refractivity contribution < 1.29 is 9.47 Å². The summed E-state index contributed by atoms with van der Waals surface area (Å²) in [6.45, 7) is 4.59. The maximum absolute atomic E-state index is 6.44. The number of para-hydroxylation sites is 1. The van der Waals surface area contributed by atoms with Crippen LogP contribution in [0.25, 0.3) is 0 Å². The third kappa shape index (κ3) is 6.87. The molecule has 0 spiro atoms. The first-order valence-corrected chi connectivity index (χ1v) is 11.1. The Morgan fingerprint density at radius 1 is 0.750 bits per heavy atom. The molecule has 0 bridgehead atoms. The predicted molar refractivity (Wildman–Crippen MR) is 116 cm³/mol. The number of hydrogen-bond donors (Lipinski definition) is 0. The number of ether oxygens (including phenoxy) is 2. The van der Waals surface area contributed by atoms with E-state index in [2.05, 4.69) is 11.8 Å². The maximum Gasteiger partial charge on any atom is 0.152 e. The van der Waals surface area contributed by atoms with E-state index >= 15 is 0 Å². The molecule has 2 aromatic rings. The van der Waals surface area contributed by atoms with E-state index in [1.165, 1.54) is 51.4 Å². The van der Waals surface area contributed by atoms with Gasteiger partial charge in [-0.1, -0.05) is 57.2 Å². The minimum absolute atomic E-state index is 0.197. The van der Waals surface area contributed by atoms with Gasteiger partial charge in [-0.05, 0) is 62.1 Å². The van der Waals surface area contributed by atoms with Gasteiger partial charge in [0.25, 0.3) is 0 Å². The van der Waals surface area contributed by atoms with E-state index in [9.17, 15) is 0 Å². The highest BCUT2D eigenvalue weighted by Crippen LogP contribution is 2.26. The summed E-state index contributed by atoms with van der Waals surface area (Å²) < 4.78 is 12.3. The maximum atomic E-state index is 6.44. The van der Waals surface area contributed by atoms with Gasteiger partial charge in [0.05, 0.1) is 0 Å². The highest BCUT2D eigenvalue weighted by Gasteiger charge is 2.21. The van der Waals surface area contributed by atoms with Crippen molar-refractivity contribution in [2.24, 2.45) is 0 Å². The monoisotopic (exact) mass is 381 g/mol. The largest absolute Gasteiger partial charge is 0.475 e. The molecule has 0 aromatic heterocycles. The Kier molecular flexibility index (Phi) is 8.70. The lowest BCUT2D eigenvalue weighted by Crippen LogP contribution is -2.42. The second-order valence-electron chi connectivity index (χ2n) is 7.76. The van der Waals surface area contributed by atoms with Crippen molar-refractivity contribution >= 4 is 0 Å². The molecule has 152 valence electrons. The molecule has 1 fully saturated rings. The Labute approximate surface area is 170 Å². The number of likely N-dealkylation sites (tertiary alicyclic amines) is 1. The molecule has 0 radical (unpaired) electrons. The molecule has 3 heteroatoms. The summed E-state index contributed by atoms with van der Waals surface area (Å²) in [6.07, 6.45) is 11.8. The lowest BCUT2D eigenvalue weighted by Gasteiger charge is -2.34. The van der Waals surface area contributed by atoms with E-state index in [1.54, 1.807) is 0 Å². The summed E-state index contributed by atoms with van der Waals surface area (Å²) in [6, 6.07) is 18.0. The lowest BCUT2D eigenvalue weighted by molar-refractivity contribution is 0.00470. The van der Waals surface area contributed by atoms with Gasteiger partial charge in [-0.25, -0.2) is 0 Å². The first kappa shape index (κ1) is 20.7. The Bertz CT molecular complexity index is 650. The minimum atomic E-state index is 0.197.